The fourth-order valence-corrected chi connectivity index (χ4v) is 9.03. The molecule has 7 aromatic carbocycles. The quantitative estimate of drug-likeness (QED) is 0.179. The highest BCUT2D eigenvalue weighted by molar-refractivity contribution is 7.26. The van der Waals surface area contributed by atoms with E-state index in [2.05, 4.69) is 180 Å². The summed E-state index contributed by atoms with van der Waals surface area (Å²) in [5.41, 5.74) is 11.4. The number of benzene rings is 7. The van der Waals surface area contributed by atoms with Crippen LogP contribution < -0.4 is 0 Å². The first-order valence-electron chi connectivity index (χ1n) is 18.1. The second-order valence-corrected chi connectivity index (χ2v) is 14.7. The van der Waals surface area contributed by atoms with Crippen LogP contribution in [0.4, 0.5) is 0 Å². The molecule has 0 fully saturated rings. The van der Waals surface area contributed by atoms with Gasteiger partial charge in [0.25, 0.3) is 0 Å². The van der Waals surface area contributed by atoms with Crippen molar-refractivity contribution < 1.29 is 0 Å². The maximum atomic E-state index is 5.31. The molecule has 0 amide bonds. The van der Waals surface area contributed by atoms with Gasteiger partial charge in [0.2, 0.25) is 0 Å². The predicted molar refractivity (Wildman–Crippen MR) is 226 cm³/mol. The van der Waals surface area contributed by atoms with Crippen LogP contribution in [0, 0.1) is 0 Å². The summed E-state index contributed by atoms with van der Waals surface area (Å²) >= 11 is 1.81. The lowest BCUT2D eigenvalue weighted by Crippen LogP contribution is -1.97. The molecule has 0 aliphatic heterocycles. The molecule has 0 saturated carbocycles. The first-order valence-corrected chi connectivity index (χ1v) is 18.9. The number of aromatic nitrogens is 4. The van der Waals surface area contributed by atoms with Crippen LogP contribution in [0.5, 0.6) is 0 Å². The van der Waals surface area contributed by atoms with Gasteiger partial charge < -0.3 is 4.57 Å². The van der Waals surface area contributed by atoms with Crippen LogP contribution in [-0.4, -0.2) is 19.5 Å². The van der Waals surface area contributed by atoms with E-state index in [-0.39, 0.29) is 0 Å². The van der Waals surface area contributed by atoms with Crippen molar-refractivity contribution in [2.24, 2.45) is 0 Å². The molecule has 0 bridgehead atoms. The zero-order chi connectivity index (χ0) is 35.6. The molecule has 54 heavy (non-hydrogen) atoms. The zero-order valence-electron chi connectivity index (χ0n) is 29.0. The molecule has 0 aliphatic rings. The lowest BCUT2D eigenvalue weighted by atomic mass is 10.0. The van der Waals surface area contributed by atoms with Gasteiger partial charge in [-0.2, -0.15) is 0 Å². The minimum Gasteiger partial charge on any atom is -0.309 e. The molecule has 5 heteroatoms. The third-order valence-corrected chi connectivity index (χ3v) is 11.6. The number of hydrogen-bond acceptors (Lipinski definition) is 4. The number of thiophene rings is 1. The Bertz CT molecular complexity index is 3140. The molecule has 4 aromatic heterocycles. The van der Waals surface area contributed by atoms with E-state index >= 15 is 0 Å². The van der Waals surface area contributed by atoms with Crippen LogP contribution in [0.3, 0.4) is 0 Å². The lowest BCUT2D eigenvalue weighted by molar-refractivity contribution is 1.17. The molecular formula is C49H30N4S. The zero-order valence-corrected chi connectivity index (χ0v) is 29.8. The van der Waals surface area contributed by atoms with Crippen molar-refractivity contribution in [2.45, 2.75) is 0 Å². The molecule has 0 saturated heterocycles. The van der Waals surface area contributed by atoms with Gasteiger partial charge in [-0.3, -0.25) is 0 Å². The molecule has 0 spiro atoms. The van der Waals surface area contributed by atoms with Crippen molar-refractivity contribution in [3.05, 3.63) is 182 Å². The highest BCUT2D eigenvalue weighted by Crippen LogP contribution is 2.41. The van der Waals surface area contributed by atoms with Gasteiger partial charge in [-0.1, -0.05) is 146 Å². The summed E-state index contributed by atoms with van der Waals surface area (Å²) in [6, 6.07) is 64.1. The number of nitrogens with zero attached hydrogens (tertiary/aromatic N) is 4. The van der Waals surface area contributed by atoms with E-state index in [1.807, 2.05) is 17.4 Å². The Hall–Kier alpha value is -6.95. The SMILES string of the molecule is c1ccc(-c2cc(-c3ccc(-n4c5ccccc5c5ccccc54)cc3)nc(-c3ccc(-c4nc5c6ccccc6sc5c5ccccc45)cc3)n2)cc1. The van der Waals surface area contributed by atoms with Crippen LogP contribution in [0.25, 0.3) is 104 Å². The number of rotatable bonds is 5. The predicted octanol–water partition coefficient (Wildman–Crippen LogP) is 13.2. The Kier molecular flexibility index (Phi) is 7.00. The van der Waals surface area contributed by atoms with E-state index in [0.717, 1.165) is 55.9 Å². The largest absolute Gasteiger partial charge is 0.309 e. The minimum atomic E-state index is 0.682. The average Bonchev–Trinajstić information content (AvgIpc) is 3.80. The number of fused-ring (bicyclic) bond motifs is 8. The number of para-hydroxylation sites is 2. The summed E-state index contributed by atoms with van der Waals surface area (Å²) in [4.78, 5) is 15.6. The summed E-state index contributed by atoms with van der Waals surface area (Å²) in [5.74, 6) is 0.682. The summed E-state index contributed by atoms with van der Waals surface area (Å²) in [6.07, 6.45) is 0. The molecule has 0 atom stereocenters. The molecule has 0 unspecified atom stereocenters. The van der Waals surface area contributed by atoms with Gasteiger partial charge in [0.15, 0.2) is 5.82 Å². The molecule has 11 aromatic rings. The van der Waals surface area contributed by atoms with E-state index in [1.165, 1.54) is 42.0 Å². The molecule has 4 heterocycles. The number of hydrogen-bond donors (Lipinski definition) is 0. The second kappa shape index (κ2) is 12.3. The first kappa shape index (κ1) is 30.7. The van der Waals surface area contributed by atoms with Crippen molar-refractivity contribution in [3.8, 4) is 50.8 Å². The van der Waals surface area contributed by atoms with Gasteiger partial charge >= 0.3 is 0 Å². The lowest BCUT2D eigenvalue weighted by Gasteiger charge is -2.12. The van der Waals surface area contributed by atoms with E-state index in [0.29, 0.717) is 5.82 Å². The second-order valence-electron chi connectivity index (χ2n) is 13.6. The summed E-state index contributed by atoms with van der Waals surface area (Å²) < 4.78 is 4.83. The molecule has 0 radical (unpaired) electrons. The van der Waals surface area contributed by atoms with Crippen LogP contribution in [0.15, 0.2) is 182 Å². The van der Waals surface area contributed by atoms with Gasteiger partial charge in [-0.05, 0) is 36.4 Å². The van der Waals surface area contributed by atoms with Crippen molar-refractivity contribution in [1.82, 2.24) is 19.5 Å². The Morgan fingerprint density at radius 1 is 0.389 bits per heavy atom. The van der Waals surface area contributed by atoms with Crippen LogP contribution >= 0.6 is 11.3 Å². The van der Waals surface area contributed by atoms with Gasteiger partial charge in [-0.15, -0.1) is 11.3 Å². The van der Waals surface area contributed by atoms with Crippen LogP contribution in [-0.2, 0) is 0 Å². The van der Waals surface area contributed by atoms with E-state index < -0.39 is 0 Å². The molecule has 0 N–H and O–H groups in total. The minimum absolute atomic E-state index is 0.682. The topological polar surface area (TPSA) is 43.6 Å². The fourth-order valence-electron chi connectivity index (χ4n) is 7.85. The molecule has 0 aliphatic carbocycles. The highest BCUT2D eigenvalue weighted by Gasteiger charge is 2.17. The maximum Gasteiger partial charge on any atom is 0.160 e. The van der Waals surface area contributed by atoms with Gasteiger partial charge in [0.1, 0.15) is 0 Å². The van der Waals surface area contributed by atoms with Crippen molar-refractivity contribution >= 4 is 64.2 Å². The molecular weight excluding hydrogens is 677 g/mol. The normalized spacial score (nSPS) is 11.7. The van der Waals surface area contributed by atoms with Crippen molar-refractivity contribution in [1.29, 1.82) is 0 Å². The molecule has 252 valence electrons. The average molecular weight is 707 g/mol. The fraction of sp³-hybridized carbons (Fsp3) is 0. The standard InChI is InChI=1S/C49H30N4S/c1-2-12-31(13-3-1)41-30-42(32-26-28-35(29-27-32)53-43-19-9-6-14-36(43)37-15-7-10-20-44(37)53)51-49(50-41)34-24-22-33(23-25-34)46-38-16-4-5-17-39(38)48-47(52-46)40-18-8-11-21-45(40)54-48/h1-30H. The Morgan fingerprint density at radius 3 is 1.59 bits per heavy atom. The number of pyridine rings is 1. The van der Waals surface area contributed by atoms with Gasteiger partial charge in [0.05, 0.1) is 38.3 Å². The van der Waals surface area contributed by atoms with Crippen molar-refractivity contribution in [3.63, 3.8) is 0 Å². The van der Waals surface area contributed by atoms with Crippen LogP contribution in [0.1, 0.15) is 0 Å². The molecule has 4 nitrogen and oxygen atoms in total. The van der Waals surface area contributed by atoms with Crippen LogP contribution in [0.2, 0.25) is 0 Å². The highest BCUT2D eigenvalue weighted by atomic mass is 32.1. The van der Waals surface area contributed by atoms with Crippen molar-refractivity contribution in [2.75, 3.05) is 0 Å². The Morgan fingerprint density at radius 2 is 0.907 bits per heavy atom. The molecule has 11 rings (SSSR count). The summed E-state index contributed by atoms with van der Waals surface area (Å²) in [7, 11) is 0. The summed E-state index contributed by atoms with van der Waals surface area (Å²) in [6.45, 7) is 0. The van der Waals surface area contributed by atoms with Gasteiger partial charge in [0, 0.05) is 59.6 Å². The van der Waals surface area contributed by atoms with Gasteiger partial charge in [-0.25, -0.2) is 15.0 Å². The van der Waals surface area contributed by atoms with E-state index in [4.69, 9.17) is 15.0 Å². The first-order chi connectivity index (χ1) is 26.8. The third-order valence-electron chi connectivity index (χ3n) is 10.4. The Labute approximate surface area is 315 Å². The van der Waals surface area contributed by atoms with E-state index in [1.54, 1.807) is 0 Å². The maximum absolute atomic E-state index is 5.31. The Balaban J connectivity index is 1.01. The monoisotopic (exact) mass is 706 g/mol. The van der Waals surface area contributed by atoms with E-state index in [9.17, 15) is 0 Å². The third kappa shape index (κ3) is 4.94. The summed E-state index contributed by atoms with van der Waals surface area (Å²) in [5, 5.41) is 6.08. The smallest absolute Gasteiger partial charge is 0.160 e.